The van der Waals surface area contributed by atoms with Crippen LogP contribution in [0, 0.1) is 6.92 Å². The van der Waals surface area contributed by atoms with E-state index in [1.807, 2.05) is 93.8 Å². The molecule has 7 rings (SSSR count). The van der Waals surface area contributed by atoms with Gasteiger partial charge < -0.3 is 15.1 Å². The van der Waals surface area contributed by atoms with Crippen molar-refractivity contribution in [2.75, 3.05) is 49.3 Å². The molecule has 3 heterocycles. The molecule has 0 radical (unpaired) electrons. The topological polar surface area (TPSA) is 137 Å². The molecule has 0 fully saturated rings. The maximum atomic E-state index is 13.9. The van der Waals surface area contributed by atoms with Crippen LogP contribution in [0.1, 0.15) is 54.4 Å². The second-order valence-corrected chi connectivity index (χ2v) is 17.6. The number of para-hydroxylation sites is 1. The number of aryl methyl sites for hydroxylation is 3. The number of carbonyl (C=O) groups is 2. The van der Waals surface area contributed by atoms with Crippen molar-refractivity contribution in [3.05, 3.63) is 129 Å². The highest BCUT2D eigenvalue weighted by atomic mass is 32.2. The first-order chi connectivity index (χ1) is 26.5. The molecule has 6 aromatic rings. The molecule has 3 N–H and O–H groups in total. The first kappa shape index (κ1) is 38.1. The standard InChI is InChI=1S/C41H43N7O4S3/c1-27-25-30(18-19-33(27)42-22-10-23-47(2)3)55(51,52)46-39(50)37-36(20-17-28-11-5-4-6-12-28)54-41(44-37)48-24-21-29-13-9-14-31(32(29)26-48)38(49)45-40-43-34-15-7-8-16-35(34)53-40/h4-9,11-16,18-19,25,42H,10,17,20-24,26H2,1-3H3,(H,46,50)(H,43,45,49). The third kappa shape index (κ3) is 9.05. The number of anilines is 3. The Morgan fingerprint density at radius 1 is 0.891 bits per heavy atom. The lowest BCUT2D eigenvalue weighted by Gasteiger charge is -2.29. The molecule has 1 aliphatic rings. The van der Waals surface area contributed by atoms with Crippen molar-refractivity contribution < 1.29 is 18.0 Å². The van der Waals surface area contributed by atoms with Crippen molar-refractivity contribution in [2.45, 2.75) is 44.0 Å². The quantitative estimate of drug-likeness (QED) is 0.0984. The second-order valence-electron chi connectivity index (χ2n) is 13.8. The Morgan fingerprint density at radius 2 is 1.69 bits per heavy atom. The molecule has 55 heavy (non-hydrogen) atoms. The summed E-state index contributed by atoms with van der Waals surface area (Å²) in [5.41, 5.74) is 6.12. The highest BCUT2D eigenvalue weighted by molar-refractivity contribution is 7.90. The first-order valence-electron chi connectivity index (χ1n) is 18.2. The van der Waals surface area contributed by atoms with Gasteiger partial charge in [-0.1, -0.05) is 65.9 Å². The van der Waals surface area contributed by atoms with Gasteiger partial charge in [0.25, 0.3) is 21.8 Å². The van der Waals surface area contributed by atoms with Crippen LogP contribution in [0.4, 0.5) is 16.0 Å². The lowest BCUT2D eigenvalue weighted by Crippen LogP contribution is -2.33. The fourth-order valence-corrected chi connectivity index (χ4v) is 9.60. The van der Waals surface area contributed by atoms with Gasteiger partial charge in [-0.3, -0.25) is 14.9 Å². The molecule has 2 aromatic heterocycles. The van der Waals surface area contributed by atoms with Crippen LogP contribution in [0.2, 0.25) is 0 Å². The Bertz CT molecular complexity index is 2410. The molecule has 14 heteroatoms. The Labute approximate surface area is 329 Å². The van der Waals surface area contributed by atoms with Gasteiger partial charge in [0.1, 0.15) is 5.69 Å². The van der Waals surface area contributed by atoms with Crippen molar-refractivity contribution in [1.82, 2.24) is 19.6 Å². The van der Waals surface area contributed by atoms with E-state index in [0.29, 0.717) is 53.1 Å². The van der Waals surface area contributed by atoms with Gasteiger partial charge in [-0.05, 0) is 112 Å². The summed E-state index contributed by atoms with van der Waals surface area (Å²) in [4.78, 5) is 41.8. The van der Waals surface area contributed by atoms with E-state index in [9.17, 15) is 18.0 Å². The van der Waals surface area contributed by atoms with E-state index < -0.39 is 15.9 Å². The molecule has 0 atom stereocenters. The zero-order valence-electron chi connectivity index (χ0n) is 31.0. The van der Waals surface area contributed by atoms with Crippen LogP contribution < -0.4 is 20.3 Å². The summed E-state index contributed by atoms with van der Waals surface area (Å²) in [5.74, 6) is -1.02. The molecule has 1 aliphatic heterocycles. The number of hydrogen-bond acceptors (Lipinski definition) is 11. The van der Waals surface area contributed by atoms with Crippen molar-refractivity contribution >= 4 is 70.7 Å². The summed E-state index contributed by atoms with van der Waals surface area (Å²) in [6.45, 7) is 4.55. The molecule has 0 spiro atoms. The molecule has 284 valence electrons. The summed E-state index contributed by atoms with van der Waals surface area (Å²) in [5, 5.41) is 7.49. The molecule has 0 bridgehead atoms. The number of rotatable bonds is 14. The molecule has 0 aliphatic carbocycles. The summed E-state index contributed by atoms with van der Waals surface area (Å²) in [6, 6.07) is 28.3. The van der Waals surface area contributed by atoms with Crippen molar-refractivity contribution in [1.29, 1.82) is 0 Å². The largest absolute Gasteiger partial charge is 0.385 e. The highest BCUT2D eigenvalue weighted by Gasteiger charge is 2.29. The van der Waals surface area contributed by atoms with Crippen LogP contribution in [0.25, 0.3) is 10.2 Å². The van der Waals surface area contributed by atoms with Gasteiger partial charge >= 0.3 is 0 Å². The summed E-state index contributed by atoms with van der Waals surface area (Å²) < 4.78 is 30.5. The molecule has 0 saturated carbocycles. The van der Waals surface area contributed by atoms with Crippen LogP contribution in [0.15, 0.2) is 95.9 Å². The Morgan fingerprint density at radius 3 is 2.47 bits per heavy atom. The van der Waals surface area contributed by atoms with Gasteiger partial charge in [-0.15, -0.1) is 11.3 Å². The van der Waals surface area contributed by atoms with E-state index in [4.69, 9.17) is 4.98 Å². The van der Waals surface area contributed by atoms with Gasteiger partial charge in [0.2, 0.25) is 0 Å². The second kappa shape index (κ2) is 16.7. The van der Waals surface area contributed by atoms with Crippen LogP contribution in [0.3, 0.4) is 0 Å². The number of aromatic nitrogens is 2. The zero-order chi connectivity index (χ0) is 38.5. The number of amides is 2. The highest BCUT2D eigenvalue weighted by Crippen LogP contribution is 2.34. The smallest absolute Gasteiger partial charge is 0.284 e. The van der Waals surface area contributed by atoms with Crippen LogP contribution in [0.5, 0.6) is 0 Å². The minimum Gasteiger partial charge on any atom is -0.385 e. The summed E-state index contributed by atoms with van der Waals surface area (Å²) in [7, 11) is -0.158. The molecule has 4 aromatic carbocycles. The van der Waals surface area contributed by atoms with Crippen molar-refractivity contribution in [3.63, 3.8) is 0 Å². The number of sulfonamides is 1. The van der Waals surface area contributed by atoms with Crippen LogP contribution in [-0.2, 0) is 35.8 Å². The lowest BCUT2D eigenvalue weighted by atomic mass is 9.94. The Balaban J connectivity index is 1.11. The molecule has 2 amide bonds. The lowest BCUT2D eigenvalue weighted by molar-refractivity contribution is 0.0975. The monoisotopic (exact) mass is 793 g/mol. The zero-order valence-corrected chi connectivity index (χ0v) is 33.4. The van der Waals surface area contributed by atoms with E-state index >= 15 is 0 Å². The number of nitrogens with one attached hydrogen (secondary N) is 3. The minimum atomic E-state index is -4.20. The number of benzene rings is 4. The predicted molar refractivity (Wildman–Crippen MR) is 222 cm³/mol. The average molecular weight is 794 g/mol. The maximum absolute atomic E-state index is 13.9. The number of thiazole rings is 2. The summed E-state index contributed by atoms with van der Waals surface area (Å²) >= 11 is 2.81. The molecule has 0 unspecified atom stereocenters. The number of hydrogen-bond donors (Lipinski definition) is 3. The number of carbonyl (C=O) groups excluding carboxylic acids is 2. The van der Waals surface area contributed by atoms with Crippen LogP contribution >= 0.6 is 22.7 Å². The van der Waals surface area contributed by atoms with Gasteiger partial charge in [0.15, 0.2) is 10.3 Å². The van der Waals surface area contributed by atoms with E-state index in [1.165, 1.54) is 28.7 Å². The first-order valence-corrected chi connectivity index (χ1v) is 21.3. The maximum Gasteiger partial charge on any atom is 0.284 e. The molecule has 11 nitrogen and oxygen atoms in total. The Kier molecular flexibility index (Phi) is 11.6. The minimum absolute atomic E-state index is 0.00257. The predicted octanol–water partition coefficient (Wildman–Crippen LogP) is 7.14. The average Bonchev–Trinajstić information content (AvgIpc) is 3.80. The fraction of sp³-hybridized carbons (Fsp3) is 0.268. The molecular formula is C41H43N7O4S3. The van der Waals surface area contributed by atoms with Crippen molar-refractivity contribution in [2.24, 2.45) is 0 Å². The number of fused-ring (bicyclic) bond motifs is 2. The summed E-state index contributed by atoms with van der Waals surface area (Å²) in [6.07, 6.45) is 2.76. The molecule has 0 saturated heterocycles. The third-order valence-electron chi connectivity index (χ3n) is 9.52. The number of nitrogens with zero attached hydrogens (tertiary/aromatic N) is 4. The normalized spacial score (nSPS) is 12.8. The van der Waals surface area contributed by atoms with E-state index in [2.05, 4.69) is 30.1 Å². The van der Waals surface area contributed by atoms with E-state index in [0.717, 1.165) is 57.7 Å². The molecular weight excluding hydrogens is 751 g/mol. The fourth-order valence-electron chi connectivity index (χ4n) is 6.62. The van der Waals surface area contributed by atoms with Gasteiger partial charge in [-0.25, -0.2) is 23.1 Å². The SMILES string of the molecule is Cc1cc(S(=O)(=O)NC(=O)c2nc(N3CCc4cccc(C(=O)Nc5nc6ccccc6s5)c4C3)sc2CCc2ccccc2)ccc1NCCCN(C)C. The van der Waals surface area contributed by atoms with Gasteiger partial charge in [0, 0.05) is 35.8 Å². The van der Waals surface area contributed by atoms with Crippen molar-refractivity contribution in [3.8, 4) is 0 Å². The van der Waals surface area contributed by atoms with Crippen LogP contribution in [-0.4, -0.2) is 68.8 Å². The van der Waals surface area contributed by atoms with Gasteiger partial charge in [-0.2, -0.15) is 0 Å². The Hall–Kier alpha value is -5.15. The third-order valence-corrected chi connectivity index (χ3v) is 13.0. The van der Waals surface area contributed by atoms with Gasteiger partial charge in [0.05, 0.1) is 15.1 Å². The van der Waals surface area contributed by atoms with E-state index in [-0.39, 0.29) is 16.5 Å². The van der Waals surface area contributed by atoms with E-state index in [1.54, 1.807) is 12.1 Å².